The fraction of sp³-hybridized carbons (Fsp3) is 0. The predicted molar refractivity (Wildman–Crippen MR) is 111 cm³/mol. The molecule has 2 nitrogen and oxygen atoms in total. The molecule has 0 aliphatic heterocycles. The summed E-state index contributed by atoms with van der Waals surface area (Å²) >= 11 is 0. The molecule has 1 aromatic heterocycles. The second kappa shape index (κ2) is 6.58. The van der Waals surface area contributed by atoms with Gasteiger partial charge in [0.25, 0.3) is 0 Å². The summed E-state index contributed by atoms with van der Waals surface area (Å²) in [6.45, 7) is 0. The third-order valence-corrected chi connectivity index (χ3v) is 4.80. The lowest BCUT2D eigenvalue weighted by Gasteiger charge is -2.17. The Hall–Kier alpha value is -3.65. The monoisotopic (exact) mass is 347 g/mol. The molecular formula is C25H17NO. The first-order valence-corrected chi connectivity index (χ1v) is 8.98. The zero-order chi connectivity index (χ0) is 18.1. The largest absolute Gasteiger partial charge is 0.456 e. The van der Waals surface area contributed by atoms with Crippen LogP contribution >= 0.6 is 0 Å². The van der Waals surface area contributed by atoms with Crippen molar-refractivity contribution >= 4 is 21.5 Å². The van der Waals surface area contributed by atoms with Crippen LogP contribution in [0, 0.1) is 0 Å². The zero-order valence-electron chi connectivity index (χ0n) is 14.7. The Morgan fingerprint density at radius 2 is 1.15 bits per heavy atom. The first-order chi connectivity index (χ1) is 13.4. The van der Waals surface area contributed by atoms with Crippen LogP contribution in [0.2, 0.25) is 0 Å². The van der Waals surface area contributed by atoms with Crippen molar-refractivity contribution in [1.82, 2.24) is 4.98 Å². The molecule has 0 aliphatic rings. The van der Waals surface area contributed by atoms with Crippen molar-refractivity contribution in [3.05, 3.63) is 103 Å². The molecule has 0 N–H and O–H groups in total. The molecular weight excluding hydrogens is 330 g/mol. The molecule has 0 bridgehead atoms. The Morgan fingerprint density at radius 3 is 1.74 bits per heavy atom. The summed E-state index contributed by atoms with van der Waals surface area (Å²) in [7, 11) is 0. The number of rotatable bonds is 3. The number of para-hydroxylation sites is 1. The van der Waals surface area contributed by atoms with E-state index in [-0.39, 0.29) is 0 Å². The van der Waals surface area contributed by atoms with Gasteiger partial charge in [0.2, 0.25) is 0 Å². The molecule has 4 aromatic carbocycles. The normalized spacial score (nSPS) is 11.0. The van der Waals surface area contributed by atoms with E-state index in [1.54, 1.807) is 6.20 Å². The van der Waals surface area contributed by atoms with Gasteiger partial charge in [0.15, 0.2) is 0 Å². The van der Waals surface area contributed by atoms with Gasteiger partial charge < -0.3 is 4.74 Å². The molecule has 1 heterocycles. The number of benzene rings is 4. The van der Waals surface area contributed by atoms with Crippen molar-refractivity contribution < 1.29 is 4.74 Å². The number of hydrogen-bond acceptors (Lipinski definition) is 2. The second-order valence-corrected chi connectivity index (χ2v) is 6.45. The van der Waals surface area contributed by atoms with Crippen molar-refractivity contribution in [2.75, 3.05) is 0 Å². The van der Waals surface area contributed by atoms with Crippen LogP contribution in [0.1, 0.15) is 0 Å². The van der Waals surface area contributed by atoms with Crippen molar-refractivity contribution in [1.29, 1.82) is 0 Å². The van der Waals surface area contributed by atoms with Crippen LogP contribution in [0.3, 0.4) is 0 Å². The summed E-state index contributed by atoms with van der Waals surface area (Å²) in [5.41, 5.74) is 2.30. The van der Waals surface area contributed by atoms with Gasteiger partial charge in [-0.25, -0.2) is 0 Å². The highest BCUT2D eigenvalue weighted by Gasteiger charge is 2.16. The van der Waals surface area contributed by atoms with Crippen LogP contribution in [0.25, 0.3) is 32.7 Å². The van der Waals surface area contributed by atoms with E-state index in [4.69, 9.17) is 4.74 Å². The SMILES string of the molecule is c1ccc(Oc2c3ccccc3c(-c3cccnc3)c3ccccc23)cc1. The van der Waals surface area contributed by atoms with Crippen LogP contribution in [-0.4, -0.2) is 4.98 Å². The standard InChI is InChI=1S/C25H17NO/c1-2-10-19(11-3-1)27-25-22-14-6-4-12-20(22)24(18-9-8-16-26-17-18)21-13-5-7-15-23(21)25/h1-17H. The number of ether oxygens (including phenoxy) is 1. The van der Waals surface area contributed by atoms with Crippen molar-refractivity contribution in [3.63, 3.8) is 0 Å². The fourth-order valence-corrected chi connectivity index (χ4v) is 3.63. The molecule has 0 fully saturated rings. The van der Waals surface area contributed by atoms with Crippen molar-refractivity contribution in [3.8, 4) is 22.6 Å². The number of hydrogen-bond donors (Lipinski definition) is 0. The minimum Gasteiger partial charge on any atom is -0.456 e. The van der Waals surface area contributed by atoms with Gasteiger partial charge in [-0.1, -0.05) is 72.8 Å². The Morgan fingerprint density at radius 1 is 0.556 bits per heavy atom. The molecule has 2 heteroatoms. The Labute approximate surface area is 157 Å². The molecule has 0 radical (unpaired) electrons. The molecule has 0 atom stereocenters. The van der Waals surface area contributed by atoms with Gasteiger partial charge in [0.1, 0.15) is 11.5 Å². The van der Waals surface area contributed by atoms with Gasteiger partial charge in [0, 0.05) is 28.7 Å². The second-order valence-electron chi connectivity index (χ2n) is 6.45. The Bertz CT molecular complexity index is 1170. The lowest BCUT2D eigenvalue weighted by atomic mass is 9.92. The van der Waals surface area contributed by atoms with E-state index in [9.17, 15) is 0 Å². The average Bonchev–Trinajstić information content (AvgIpc) is 2.75. The zero-order valence-corrected chi connectivity index (χ0v) is 14.7. The lowest BCUT2D eigenvalue weighted by molar-refractivity contribution is 0.494. The van der Waals surface area contributed by atoms with Crippen LogP contribution < -0.4 is 4.74 Å². The molecule has 0 saturated heterocycles. The number of fused-ring (bicyclic) bond motifs is 2. The van der Waals surface area contributed by atoms with Crippen LogP contribution in [0.15, 0.2) is 103 Å². The first kappa shape index (κ1) is 15.6. The van der Waals surface area contributed by atoms with E-state index in [1.807, 2.05) is 42.6 Å². The van der Waals surface area contributed by atoms with Crippen LogP contribution in [0.4, 0.5) is 0 Å². The minimum atomic E-state index is 0.835. The summed E-state index contributed by atoms with van der Waals surface area (Å²) in [4.78, 5) is 4.33. The average molecular weight is 347 g/mol. The molecule has 0 spiro atoms. The predicted octanol–water partition coefficient (Wildman–Crippen LogP) is 6.85. The quantitative estimate of drug-likeness (QED) is 0.333. The maximum atomic E-state index is 6.38. The molecule has 0 saturated carbocycles. The molecule has 0 amide bonds. The van der Waals surface area contributed by atoms with E-state index in [0.29, 0.717) is 0 Å². The molecule has 5 rings (SSSR count). The van der Waals surface area contributed by atoms with E-state index < -0.39 is 0 Å². The first-order valence-electron chi connectivity index (χ1n) is 8.98. The highest BCUT2D eigenvalue weighted by molar-refractivity contribution is 6.16. The van der Waals surface area contributed by atoms with E-state index in [1.165, 1.54) is 5.56 Å². The summed E-state index contributed by atoms with van der Waals surface area (Å²) in [5, 5.41) is 4.52. The fourth-order valence-electron chi connectivity index (χ4n) is 3.63. The molecule has 128 valence electrons. The third kappa shape index (κ3) is 2.72. The molecule has 5 aromatic rings. The van der Waals surface area contributed by atoms with Gasteiger partial charge in [-0.05, 0) is 34.5 Å². The summed E-state index contributed by atoms with van der Waals surface area (Å²) in [6.07, 6.45) is 3.73. The van der Waals surface area contributed by atoms with E-state index in [0.717, 1.165) is 38.6 Å². The smallest absolute Gasteiger partial charge is 0.143 e. The van der Waals surface area contributed by atoms with Gasteiger partial charge in [-0.15, -0.1) is 0 Å². The number of nitrogens with zero attached hydrogens (tertiary/aromatic N) is 1. The highest BCUT2D eigenvalue weighted by Crippen LogP contribution is 2.44. The Kier molecular flexibility index (Phi) is 3.80. The highest BCUT2D eigenvalue weighted by atomic mass is 16.5. The Balaban J connectivity index is 1.89. The van der Waals surface area contributed by atoms with Gasteiger partial charge in [-0.2, -0.15) is 0 Å². The van der Waals surface area contributed by atoms with Crippen molar-refractivity contribution in [2.24, 2.45) is 0 Å². The summed E-state index contributed by atoms with van der Waals surface area (Å²) in [5.74, 6) is 1.72. The van der Waals surface area contributed by atoms with E-state index in [2.05, 4.69) is 59.6 Å². The minimum absolute atomic E-state index is 0.835. The number of pyridine rings is 1. The van der Waals surface area contributed by atoms with E-state index >= 15 is 0 Å². The summed E-state index contributed by atoms with van der Waals surface area (Å²) < 4.78 is 6.38. The van der Waals surface area contributed by atoms with Gasteiger partial charge >= 0.3 is 0 Å². The molecule has 27 heavy (non-hydrogen) atoms. The van der Waals surface area contributed by atoms with Crippen molar-refractivity contribution in [2.45, 2.75) is 0 Å². The summed E-state index contributed by atoms with van der Waals surface area (Å²) in [6, 6.07) is 30.9. The van der Waals surface area contributed by atoms with Gasteiger partial charge in [-0.3, -0.25) is 4.98 Å². The number of aromatic nitrogens is 1. The van der Waals surface area contributed by atoms with Crippen LogP contribution in [-0.2, 0) is 0 Å². The maximum Gasteiger partial charge on any atom is 0.143 e. The van der Waals surface area contributed by atoms with Crippen LogP contribution in [0.5, 0.6) is 11.5 Å². The third-order valence-electron chi connectivity index (χ3n) is 4.80. The molecule has 0 unspecified atom stereocenters. The topological polar surface area (TPSA) is 22.1 Å². The maximum absolute atomic E-state index is 6.38. The lowest BCUT2D eigenvalue weighted by Crippen LogP contribution is -1.92. The molecule has 0 aliphatic carbocycles. The van der Waals surface area contributed by atoms with Gasteiger partial charge in [0.05, 0.1) is 0 Å².